The molecule has 0 unspecified atom stereocenters. The van der Waals surface area contributed by atoms with Gasteiger partial charge in [-0.3, -0.25) is 4.79 Å². The SMILES string of the molecule is COCC(=O)N1CCCC[C@@H]1c1ncc(Cc2cccc(OC)c2)o1. The number of ether oxygens (including phenoxy) is 2. The van der Waals surface area contributed by atoms with Crippen molar-refractivity contribution >= 4 is 5.91 Å². The van der Waals surface area contributed by atoms with Gasteiger partial charge in [0, 0.05) is 20.1 Å². The summed E-state index contributed by atoms with van der Waals surface area (Å²) < 4.78 is 16.2. The quantitative estimate of drug-likeness (QED) is 0.806. The monoisotopic (exact) mass is 344 g/mol. The van der Waals surface area contributed by atoms with Gasteiger partial charge in [-0.1, -0.05) is 12.1 Å². The molecule has 3 rings (SSSR count). The molecule has 1 aliphatic rings. The standard InChI is InChI=1S/C19H24N2O4/c1-23-13-18(22)21-9-4-3-8-17(21)19-20-12-16(25-19)11-14-6-5-7-15(10-14)24-2/h5-7,10,12,17H,3-4,8-9,11,13H2,1-2H3/t17-/m1/s1. The molecule has 0 bridgehead atoms. The maximum Gasteiger partial charge on any atom is 0.249 e. The lowest BCUT2D eigenvalue weighted by atomic mass is 10.0. The molecule has 1 saturated heterocycles. The number of aromatic nitrogens is 1. The normalized spacial score (nSPS) is 17.5. The van der Waals surface area contributed by atoms with Crippen LogP contribution in [-0.2, 0) is 16.0 Å². The summed E-state index contributed by atoms with van der Waals surface area (Å²) >= 11 is 0. The van der Waals surface area contributed by atoms with Gasteiger partial charge in [-0.25, -0.2) is 4.98 Å². The van der Waals surface area contributed by atoms with E-state index in [1.54, 1.807) is 13.3 Å². The molecule has 1 aliphatic heterocycles. The van der Waals surface area contributed by atoms with E-state index in [0.29, 0.717) is 12.3 Å². The van der Waals surface area contributed by atoms with Crippen LogP contribution < -0.4 is 4.74 Å². The van der Waals surface area contributed by atoms with Crippen LogP contribution in [0.1, 0.15) is 42.5 Å². The Labute approximate surface area is 147 Å². The van der Waals surface area contributed by atoms with Crippen molar-refractivity contribution < 1.29 is 18.7 Å². The predicted molar refractivity (Wildman–Crippen MR) is 92.5 cm³/mol. The smallest absolute Gasteiger partial charge is 0.249 e. The van der Waals surface area contributed by atoms with E-state index in [0.717, 1.165) is 42.9 Å². The third-order valence-corrected chi connectivity index (χ3v) is 4.46. The van der Waals surface area contributed by atoms with Gasteiger partial charge in [0.25, 0.3) is 0 Å². The largest absolute Gasteiger partial charge is 0.497 e. The second-order valence-electron chi connectivity index (χ2n) is 6.22. The molecule has 2 aromatic rings. The summed E-state index contributed by atoms with van der Waals surface area (Å²) in [5.41, 5.74) is 1.10. The summed E-state index contributed by atoms with van der Waals surface area (Å²) in [6.45, 7) is 0.814. The predicted octanol–water partition coefficient (Wildman–Crippen LogP) is 2.97. The van der Waals surface area contributed by atoms with Crippen LogP contribution in [0.4, 0.5) is 0 Å². The Bertz CT molecular complexity index is 713. The summed E-state index contributed by atoms with van der Waals surface area (Å²) in [6.07, 6.45) is 5.33. The molecule has 25 heavy (non-hydrogen) atoms. The van der Waals surface area contributed by atoms with Crippen molar-refractivity contribution in [1.29, 1.82) is 0 Å². The van der Waals surface area contributed by atoms with Crippen molar-refractivity contribution in [3.05, 3.63) is 47.7 Å². The van der Waals surface area contributed by atoms with E-state index in [9.17, 15) is 4.79 Å². The molecule has 0 saturated carbocycles. The van der Waals surface area contributed by atoms with Crippen molar-refractivity contribution in [2.75, 3.05) is 27.4 Å². The molecule has 134 valence electrons. The van der Waals surface area contributed by atoms with Gasteiger partial charge in [0.05, 0.1) is 13.3 Å². The molecular weight excluding hydrogens is 320 g/mol. The molecule has 1 atom stereocenters. The molecule has 0 spiro atoms. The second kappa shape index (κ2) is 8.16. The van der Waals surface area contributed by atoms with Crippen LogP contribution in [-0.4, -0.2) is 43.2 Å². The van der Waals surface area contributed by atoms with Crippen LogP contribution >= 0.6 is 0 Å². The average molecular weight is 344 g/mol. The van der Waals surface area contributed by atoms with Crippen LogP contribution in [0.5, 0.6) is 5.75 Å². The molecule has 0 aliphatic carbocycles. The maximum absolute atomic E-state index is 12.3. The van der Waals surface area contributed by atoms with Gasteiger partial charge in [0.2, 0.25) is 11.8 Å². The van der Waals surface area contributed by atoms with Gasteiger partial charge in [-0.05, 0) is 37.0 Å². The minimum Gasteiger partial charge on any atom is -0.497 e. The first-order chi connectivity index (χ1) is 12.2. The lowest BCUT2D eigenvalue weighted by Crippen LogP contribution is -2.40. The fraction of sp³-hybridized carbons (Fsp3) is 0.474. The Morgan fingerprint density at radius 1 is 1.36 bits per heavy atom. The lowest BCUT2D eigenvalue weighted by Gasteiger charge is -2.33. The fourth-order valence-electron chi connectivity index (χ4n) is 3.24. The van der Waals surface area contributed by atoms with Crippen LogP contribution in [0.25, 0.3) is 0 Å². The molecule has 6 heteroatoms. The number of carbonyl (C=O) groups is 1. The van der Waals surface area contributed by atoms with Crippen molar-refractivity contribution in [2.24, 2.45) is 0 Å². The highest BCUT2D eigenvalue weighted by molar-refractivity contribution is 5.77. The lowest BCUT2D eigenvalue weighted by molar-refractivity contribution is -0.139. The van der Waals surface area contributed by atoms with Crippen molar-refractivity contribution in [2.45, 2.75) is 31.7 Å². The van der Waals surface area contributed by atoms with E-state index in [2.05, 4.69) is 4.98 Å². The number of hydrogen-bond acceptors (Lipinski definition) is 5. The number of oxazole rings is 1. The number of likely N-dealkylation sites (tertiary alicyclic amines) is 1. The minimum atomic E-state index is -0.101. The summed E-state index contributed by atoms with van der Waals surface area (Å²) in [5, 5.41) is 0. The maximum atomic E-state index is 12.3. The number of methoxy groups -OCH3 is 2. The molecule has 6 nitrogen and oxygen atoms in total. The topological polar surface area (TPSA) is 64.8 Å². The first-order valence-electron chi connectivity index (χ1n) is 8.57. The van der Waals surface area contributed by atoms with E-state index in [1.165, 1.54) is 7.11 Å². The second-order valence-corrected chi connectivity index (χ2v) is 6.22. The molecule has 1 fully saturated rings. The summed E-state index contributed by atoms with van der Waals surface area (Å²) in [4.78, 5) is 18.5. The Kier molecular flexibility index (Phi) is 5.71. The molecule has 1 amide bonds. The van der Waals surface area contributed by atoms with Gasteiger partial charge in [0.15, 0.2) is 0 Å². The molecule has 2 heterocycles. The van der Waals surface area contributed by atoms with Gasteiger partial charge in [0.1, 0.15) is 24.2 Å². The van der Waals surface area contributed by atoms with Crippen LogP contribution in [0.2, 0.25) is 0 Å². The molecule has 0 radical (unpaired) electrons. The zero-order valence-corrected chi connectivity index (χ0v) is 14.7. The van der Waals surface area contributed by atoms with Crippen molar-refractivity contribution in [3.8, 4) is 5.75 Å². The molecular formula is C19H24N2O4. The van der Waals surface area contributed by atoms with Gasteiger partial charge >= 0.3 is 0 Å². The van der Waals surface area contributed by atoms with Crippen molar-refractivity contribution in [3.63, 3.8) is 0 Å². The van der Waals surface area contributed by atoms with Gasteiger partial charge in [-0.2, -0.15) is 0 Å². The van der Waals surface area contributed by atoms with E-state index >= 15 is 0 Å². The van der Waals surface area contributed by atoms with Gasteiger partial charge in [-0.15, -0.1) is 0 Å². The number of amides is 1. The molecule has 1 aromatic heterocycles. The van der Waals surface area contributed by atoms with E-state index in [4.69, 9.17) is 13.9 Å². The number of nitrogens with zero attached hydrogens (tertiary/aromatic N) is 2. The summed E-state index contributed by atoms with van der Waals surface area (Å²) in [6, 6.07) is 7.78. The number of carbonyl (C=O) groups excluding carboxylic acids is 1. The number of piperidine rings is 1. The number of rotatable bonds is 6. The van der Waals surface area contributed by atoms with E-state index in [1.807, 2.05) is 29.2 Å². The average Bonchev–Trinajstić information content (AvgIpc) is 3.10. The zero-order chi connectivity index (χ0) is 17.6. The Balaban J connectivity index is 1.73. The first kappa shape index (κ1) is 17.5. The number of hydrogen-bond donors (Lipinski definition) is 0. The Morgan fingerprint density at radius 2 is 2.24 bits per heavy atom. The van der Waals surface area contributed by atoms with E-state index in [-0.39, 0.29) is 18.6 Å². The third-order valence-electron chi connectivity index (χ3n) is 4.46. The number of benzene rings is 1. The highest BCUT2D eigenvalue weighted by atomic mass is 16.5. The van der Waals surface area contributed by atoms with Crippen LogP contribution in [0, 0.1) is 0 Å². The Morgan fingerprint density at radius 3 is 3.04 bits per heavy atom. The minimum absolute atomic E-state index is 0.0141. The Hall–Kier alpha value is -2.34. The molecule has 0 N–H and O–H groups in total. The fourth-order valence-corrected chi connectivity index (χ4v) is 3.24. The zero-order valence-electron chi connectivity index (χ0n) is 14.7. The van der Waals surface area contributed by atoms with Crippen molar-refractivity contribution in [1.82, 2.24) is 9.88 Å². The highest BCUT2D eigenvalue weighted by Gasteiger charge is 2.31. The summed E-state index contributed by atoms with van der Waals surface area (Å²) in [7, 11) is 3.19. The van der Waals surface area contributed by atoms with Gasteiger partial charge < -0.3 is 18.8 Å². The summed E-state index contributed by atoms with van der Waals surface area (Å²) in [5.74, 6) is 2.20. The highest BCUT2D eigenvalue weighted by Crippen LogP contribution is 2.31. The van der Waals surface area contributed by atoms with E-state index < -0.39 is 0 Å². The first-order valence-corrected chi connectivity index (χ1v) is 8.57. The van der Waals surface area contributed by atoms with Crippen LogP contribution in [0.15, 0.2) is 34.9 Å². The van der Waals surface area contributed by atoms with Crippen LogP contribution in [0.3, 0.4) is 0 Å². The third kappa shape index (κ3) is 4.20. The molecule has 1 aromatic carbocycles.